The van der Waals surface area contributed by atoms with Crippen LogP contribution >= 0.6 is 11.3 Å². The predicted molar refractivity (Wildman–Crippen MR) is 75.4 cm³/mol. The first-order valence-electron chi connectivity index (χ1n) is 6.17. The van der Waals surface area contributed by atoms with Crippen molar-refractivity contribution in [3.05, 3.63) is 15.8 Å². The van der Waals surface area contributed by atoms with Gasteiger partial charge in [0, 0.05) is 13.1 Å². The van der Waals surface area contributed by atoms with Crippen LogP contribution in [-0.4, -0.2) is 36.9 Å². The number of hydrogen-bond donors (Lipinski definition) is 1. The standard InChI is InChI=1S/C12H19NO4S2/c1-4-6-13(7-5-2)19(16,17)11-9(3)8-18-10(11)12(14)15/h8H,4-7H2,1-3H3,(H,14,15). The average Bonchev–Trinajstić information content (AvgIpc) is 2.71. The Hall–Kier alpha value is -0.920. The van der Waals surface area contributed by atoms with Crippen LogP contribution in [0, 0.1) is 6.92 Å². The zero-order valence-corrected chi connectivity index (χ0v) is 13.0. The number of sulfonamides is 1. The predicted octanol–water partition coefficient (Wildman–Crippen LogP) is 2.57. The average molecular weight is 305 g/mol. The zero-order valence-electron chi connectivity index (χ0n) is 11.3. The lowest BCUT2D eigenvalue weighted by atomic mass is 10.3. The van der Waals surface area contributed by atoms with E-state index in [1.165, 1.54) is 4.31 Å². The molecule has 1 N–H and O–H groups in total. The van der Waals surface area contributed by atoms with Crippen LogP contribution in [0.3, 0.4) is 0 Å². The van der Waals surface area contributed by atoms with Crippen molar-refractivity contribution < 1.29 is 18.3 Å². The summed E-state index contributed by atoms with van der Waals surface area (Å²) in [7, 11) is -3.73. The molecule has 0 radical (unpaired) electrons. The van der Waals surface area contributed by atoms with E-state index in [-0.39, 0.29) is 9.77 Å². The maximum atomic E-state index is 12.6. The SMILES string of the molecule is CCCN(CCC)S(=O)(=O)c1c(C)csc1C(=O)O. The van der Waals surface area contributed by atoms with E-state index in [9.17, 15) is 13.2 Å². The van der Waals surface area contributed by atoms with Crippen LogP contribution in [0.4, 0.5) is 0 Å². The number of thiophene rings is 1. The van der Waals surface area contributed by atoms with Gasteiger partial charge in [0.25, 0.3) is 0 Å². The Morgan fingerprint density at radius 2 is 1.84 bits per heavy atom. The van der Waals surface area contributed by atoms with Gasteiger partial charge in [0.1, 0.15) is 9.77 Å². The smallest absolute Gasteiger partial charge is 0.347 e. The molecule has 1 aromatic rings. The topological polar surface area (TPSA) is 74.7 Å². The van der Waals surface area contributed by atoms with E-state index in [1.807, 2.05) is 13.8 Å². The summed E-state index contributed by atoms with van der Waals surface area (Å²) < 4.78 is 26.5. The lowest BCUT2D eigenvalue weighted by Crippen LogP contribution is -2.33. The van der Waals surface area contributed by atoms with Crippen LogP contribution in [0.25, 0.3) is 0 Å². The van der Waals surface area contributed by atoms with Crippen molar-refractivity contribution in [2.24, 2.45) is 0 Å². The first-order valence-corrected chi connectivity index (χ1v) is 8.49. The summed E-state index contributed by atoms with van der Waals surface area (Å²) in [5.41, 5.74) is 0.500. The van der Waals surface area contributed by atoms with Crippen LogP contribution in [0.5, 0.6) is 0 Å². The number of rotatable bonds is 7. The highest BCUT2D eigenvalue weighted by atomic mass is 32.2. The molecule has 1 heterocycles. The molecule has 0 amide bonds. The second-order valence-corrected chi connectivity index (χ2v) is 7.04. The summed E-state index contributed by atoms with van der Waals surface area (Å²) in [6, 6.07) is 0. The Kier molecular flexibility index (Phi) is 5.51. The molecule has 0 aliphatic rings. The molecule has 7 heteroatoms. The van der Waals surface area contributed by atoms with Crippen molar-refractivity contribution in [2.45, 2.75) is 38.5 Å². The Morgan fingerprint density at radius 3 is 2.26 bits per heavy atom. The van der Waals surface area contributed by atoms with E-state index in [0.29, 0.717) is 31.5 Å². The van der Waals surface area contributed by atoms with Gasteiger partial charge in [-0.2, -0.15) is 4.31 Å². The van der Waals surface area contributed by atoms with Crippen molar-refractivity contribution in [2.75, 3.05) is 13.1 Å². The fourth-order valence-corrected chi connectivity index (χ4v) is 5.09. The fraction of sp³-hybridized carbons (Fsp3) is 0.583. The number of aryl methyl sites for hydroxylation is 1. The first kappa shape index (κ1) is 16.1. The van der Waals surface area contributed by atoms with Gasteiger partial charge >= 0.3 is 5.97 Å². The van der Waals surface area contributed by atoms with Crippen LogP contribution in [0.1, 0.15) is 41.9 Å². The molecule has 19 heavy (non-hydrogen) atoms. The molecule has 0 saturated carbocycles. The van der Waals surface area contributed by atoms with Crippen LogP contribution < -0.4 is 0 Å². The molecular formula is C12H19NO4S2. The van der Waals surface area contributed by atoms with Gasteiger partial charge in [-0.05, 0) is 30.7 Å². The van der Waals surface area contributed by atoms with Crippen LogP contribution in [-0.2, 0) is 10.0 Å². The number of carbonyl (C=O) groups is 1. The van der Waals surface area contributed by atoms with Gasteiger partial charge in [-0.1, -0.05) is 13.8 Å². The van der Waals surface area contributed by atoms with Crippen molar-refractivity contribution in [3.8, 4) is 0 Å². The fourth-order valence-electron chi connectivity index (χ4n) is 1.88. The number of aromatic carboxylic acids is 1. The minimum atomic E-state index is -3.73. The molecule has 0 saturated heterocycles. The molecule has 0 fully saturated rings. The summed E-state index contributed by atoms with van der Waals surface area (Å²) in [5, 5.41) is 10.7. The van der Waals surface area contributed by atoms with Gasteiger partial charge in [-0.25, -0.2) is 13.2 Å². The third kappa shape index (κ3) is 3.34. The number of nitrogens with zero attached hydrogens (tertiary/aromatic N) is 1. The van der Waals surface area contributed by atoms with E-state index in [1.54, 1.807) is 12.3 Å². The van der Waals surface area contributed by atoms with Crippen LogP contribution in [0.15, 0.2) is 10.3 Å². The number of hydrogen-bond acceptors (Lipinski definition) is 4. The van der Waals surface area contributed by atoms with Crippen LogP contribution in [0.2, 0.25) is 0 Å². The van der Waals surface area contributed by atoms with Crippen molar-refractivity contribution in [1.82, 2.24) is 4.31 Å². The van der Waals surface area contributed by atoms with Gasteiger partial charge in [-0.15, -0.1) is 11.3 Å². The molecule has 0 aromatic carbocycles. The molecule has 0 spiro atoms. The maximum Gasteiger partial charge on any atom is 0.347 e. The third-order valence-corrected chi connectivity index (χ3v) is 5.96. The molecule has 0 unspecified atom stereocenters. The second kappa shape index (κ2) is 6.49. The van der Waals surface area contributed by atoms with Gasteiger partial charge in [0.05, 0.1) is 0 Å². The molecule has 0 bridgehead atoms. The summed E-state index contributed by atoms with van der Waals surface area (Å²) in [5.74, 6) is -1.19. The highest BCUT2D eigenvalue weighted by molar-refractivity contribution is 7.89. The van der Waals surface area contributed by atoms with Gasteiger partial charge in [0.15, 0.2) is 0 Å². The van der Waals surface area contributed by atoms with Crippen molar-refractivity contribution >= 4 is 27.3 Å². The van der Waals surface area contributed by atoms with E-state index in [2.05, 4.69) is 0 Å². The monoisotopic (exact) mass is 305 g/mol. The van der Waals surface area contributed by atoms with Crippen molar-refractivity contribution in [3.63, 3.8) is 0 Å². The summed E-state index contributed by atoms with van der Waals surface area (Å²) in [6.45, 7) is 6.24. The van der Waals surface area contributed by atoms with E-state index < -0.39 is 16.0 Å². The van der Waals surface area contributed by atoms with Gasteiger partial charge in [-0.3, -0.25) is 0 Å². The normalized spacial score (nSPS) is 12.0. The maximum absolute atomic E-state index is 12.6. The molecule has 1 rings (SSSR count). The van der Waals surface area contributed by atoms with Crippen molar-refractivity contribution in [1.29, 1.82) is 0 Å². The van der Waals surface area contributed by atoms with E-state index >= 15 is 0 Å². The van der Waals surface area contributed by atoms with Gasteiger partial charge < -0.3 is 5.11 Å². The highest BCUT2D eigenvalue weighted by Gasteiger charge is 2.31. The molecule has 0 atom stereocenters. The highest BCUT2D eigenvalue weighted by Crippen LogP contribution is 2.29. The quantitative estimate of drug-likeness (QED) is 0.840. The van der Waals surface area contributed by atoms with E-state index in [4.69, 9.17) is 5.11 Å². The lowest BCUT2D eigenvalue weighted by Gasteiger charge is -2.21. The Bertz CT molecular complexity index is 542. The largest absolute Gasteiger partial charge is 0.477 e. The summed E-state index contributed by atoms with van der Waals surface area (Å²) in [4.78, 5) is 11.0. The second-order valence-electron chi connectivity index (χ2n) is 4.29. The van der Waals surface area contributed by atoms with E-state index in [0.717, 1.165) is 11.3 Å². The van der Waals surface area contributed by atoms with Gasteiger partial charge in [0.2, 0.25) is 10.0 Å². The first-order chi connectivity index (χ1) is 8.86. The minimum absolute atomic E-state index is 0.0492. The molecule has 0 aliphatic carbocycles. The molecule has 1 aromatic heterocycles. The molecule has 5 nitrogen and oxygen atoms in total. The molecular weight excluding hydrogens is 286 g/mol. The third-order valence-electron chi connectivity index (χ3n) is 2.66. The molecule has 108 valence electrons. The number of carboxylic acid groups (broad SMARTS) is 1. The zero-order chi connectivity index (χ0) is 14.6. The Morgan fingerprint density at radius 1 is 1.32 bits per heavy atom. The Balaban J connectivity index is 3.32. The molecule has 0 aliphatic heterocycles. The minimum Gasteiger partial charge on any atom is -0.477 e. The summed E-state index contributed by atoms with van der Waals surface area (Å²) in [6.07, 6.45) is 1.40. The Labute approximate surface area is 117 Å². The number of carboxylic acids is 1. The lowest BCUT2D eigenvalue weighted by molar-refractivity contribution is 0.0698. The summed E-state index contributed by atoms with van der Waals surface area (Å²) >= 11 is 0.959.